The molecule has 0 amide bonds. The Bertz CT molecular complexity index is 888. The van der Waals surface area contributed by atoms with Crippen LogP contribution in [0.4, 0.5) is 5.82 Å². The summed E-state index contributed by atoms with van der Waals surface area (Å²) in [6.45, 7) is 6.38. The number of nitrogens with zero attached hydrogens (tertiary/aromatic N) is 5. The minimum Gasteiger partial charge on any atom is -0.373 e. The van der Waals surface area contributed by atoms with Crippen LogP contribution >= 0.6 is 0 Å². The number of hydrogen-bond donors (Lipinski definition) is 1. The maximum Gasteiger partial charge on any atom is 0.161 e. The number of nitrogens with one attached hydrogen (secondary N) is 1. The Hall–Kier alpha value is -2.73. The zero-order valence-corrected chi connectivity index (χ0v) is 16.7. The smallest absolute Gasteiger partial charge is 0.161 e. The molecule has 3 aromatic rings. The average Bonchev–Trinajstić information content (AvgIpc) is 3.21. The van der Waals surface area contributed by atoms with Gasteiger partial charge in [-0.25, -0.2) is 15.0 Å². The molecule has 2 aromatic heterocycles. The number of piperidine rings is 1. The highest BCUT2D eigenvalue weighted by molar-refractivity contribution is 5.58. The van der Waals surface area contributed by atoms with Crippen molar-refractivity contribution in [2.45, 2.75) is 32.9 Å². The van der Waals surface area contributed by atoms with Gasteiger partial charge in [0, 0.05) is 56.4 Å². The fourth-order valence-electron chi connectivity index (χ4n) is 3.98. The van der Waals surface area contributed by atoms with E-state index in [0.717, 1.165) is 42.5 Å². The van der Waals surface area contributed by atoms with Crippen LogP contribution in [-0.4, -0.2) is 44.6 Å². The number of aromatic nitrogens is 4. The molecule has 1 unspecified atom stereocenters. The van der Waals surface area contributed by atoms with E-state index in [1.807, 2.05) is 32.6 Å². The first kappa shape index (κ1) is 18.6. The number of benzene rings is 1. The Morgan fingerprint density at radius 2 is 2.04 bits per heavy atom. The molecule has 3 heterocycles. The van der Waals surface area contributed by atoms with Gasteiger partial charge in [0.1, 0.15) is 5.82 Å². The second kappa shape index (κ2) is 8.52. The van der Waals surface area contributed by atoms with Crippen LogP contribution in [0.3, 0.4) is 0 Å². The molecule has 1 N–H and O–H groups in total. The number of aryl methyl sites for hydroxylation is 1. The maximum absolute atomic E-state index is 4.57. The normalized spacial score (nSPS) is 17.6. The lowest BCUT2D eigenvalue weighted by atomic mass is 9.97. The molecule has 1 saturated heterocycles. The second-order valence-corrected chi connectivity index (χ2v) is 7.67. The highest BCUT2D eigenvalue weighted by atomic mass is 15.1. The number of rotatable bonds is 6. The highest BCUT2D eigenvalue weighted by Gasteiger charge is 2.20. The van der Waals surface area contributed by atoms with Crippen LogP contribution < -0.4 is 5.32 Å². The Labute approximate surface area is 166 Å². The van der Waals surface area contributed by atoms with E-state index in [9.17, 15) is 0 Å². The fourth-order valence-corrected chi connectivity index (χ4v) is 3.98. The molecule has 1 aliphatic rings. The second-order valence-electron chi connectivity index (χ2n) is 7.67. The summed E-state index contributed by atoms with van der Waals surface area (Å²) >= 11 is 0. The van der Waals surface area contributed by atoms with Crippen molar-refractivity contribution < 1.29 is 0 Å². The Morgan fingerprint density at radius 1 is 1.18 bits per heavy atom. The van der Waals surface area contributed by atoms with E-state index < -0.39 is 0 Å². The fraction of sp³-hybridized carbons (Fsp3) is 0.409. The topological polar surface area (TPSA) is 58.9 Å². The number of imidazole rings is 1. The van der Waals surface area contributed by atoms with Crippen LogP contribution in [0.25, 0.3) is 11.4 Å². The minimum atomic E-state index is 0.697. The summed E-state index contributed by atoms with van der Waals surface area (Å²) in [6.07, 6.45) is 8.40. The lowest BCUT2D eigenvalue weighted by Crippen LogP contribution is -2.36. The molecule has 1 aliphatic heterocycles. The summed E-state index contributed by atoms with van der Waals surface area (Å²) in [7, 11) is 1.88. The molecule has 0 bridgehead atoms. The van der Waals surface area contributed by atoms with Gasteiger partial charge in [-0.3, -0.25) is 4.90 Å². The zero-order chi connectivity index (χ0) is 19.3. The Kier molecular flexibility index (Phi) is 5.67. The van der Waals surface area contributed by atoms with Crippen LogP contribution in [0.5, 0.6) is 0 Å². The van der Waals surface area contributed by atoms with Crippen molar-refractivity contribution in [1.82, 2.24) is 24.4 Å². The van der Waals surface area contributed by atoms with Crippen molar-refractivity contribution >= 4 is 5.82 Å². The first-order valence-electron chi connectivity index (χ1n) is 10.0. The molecule has 0 spiro atoms. The molecule has 0 aliphatic carbocycles. The van der Waals surface area contributed by atoms with Crippen LogP contribution in [0.1, 0.15) is 24.1 Å². The summed E-state index contributed by atoms with van der Waals surface area (Å²) < 4.78 is 2.20. The first-order chi connectivity index (χ1) is 13.7. The van der Waals surface area contributed by atoms with Gasteiger partial charge >= 0.3 is 0 Å². The van der Waals surface area contributed by atoms with Crippen molar-refractivity contribution in [2.75, 3.05) is 25.5 Å². The van der Waals surface area contributed by atoms with Crippen LogP contribution in [-0.2, 0) is 13.1 Å². The lowest BCUT2D eigenvalue weighted by molar-refractivity contribution is 0.156. The summed E-state index contributed by atoms with van der Waals surface area (Å²) in [4.78, 5) is 15.9. The summed E-state index contributed by atoms with van der Waals surface area (Å²) in [6, 6.07) is 10.6. The van der Waals surface area contributed by atoms with E-state index in [4.69, 9.17) is 0 Å². The molecule has 1 fully saturated rings. The van der Waals surface area contributed by atoms with Gasteiger partial charge in [-0.05, 0) is 37.8 Å². The van der Waals surface area contributed by atoms with E-state index in [1.54, 1.807) is 0 Å². The third-order valence-electron chi connectivity index (χ3n) is 5.36. The van der Waals surface area contributed by atoms with Crippen LogP contribution in [0, 0.1) is 12.8 Å². The summed E-state index contributed by atoms with van der Waals surface area (Å²) in [5, 5.41) is 3.10. The van der Waals surface area contributed by atoms with E-state index in [-0.39, 0.29) is 0 Å². The van der Waals surface area contributed by atoms with Gasteiger partial charge in [0.25, 0.3) is 0 Å². The van der Waals surface area contributed by atoms with Crippen molar-refractivity contribution in [3.8, 4) is 11.4 Å². The summed E-state index contributed by atoms with van der Waals surface area (Å²) in [5.74, 6) is 2.32. The molecule has 28 heavy (non-hydrogen) atoms. The molecule has 1 aromatic carbocycles. The third-order valence-corrected chi connectivity index (χ3v) is 5.36. The molecule has 4 rings (SSSR count). The predicted molar refractivity (Wildman–Crippen MR) is 112 cm³/mol. The largest absolute Gasteiger partial charge is 0.373 e. The SMILES string of the molecule is CNc1cc(C)nc(-c2ccc(CN3CCCC(Cn4ccnc4)C3)cc2)n1. The Balaban J connectivity index is 1.39. The Morgan fingerprint density at radius 3 is 2.79 bits per heavy atom. The van der Waals surface area contributed by atoms with E-state index in [2.05, 4.69) is 60.2 Å². The lowest BCUT2D eigenvalue weighted by Gasteiger charge is -2.33. The van der Waals surface area contributed by atoms with Gasteiger partial charge in [-0.1, -0.05) is 24.3 Å². The molecule has 146 valence electrons. The molecular weight excluding hydrogens is 348 g/mol. The van der Waals surface area contributed by atoms with E-state index in [0.29, 0.717) is 5.92 Å². The van der Waals surface area contributed by atoms with E-state index in [1.165, 1.54) is 24.9 Å². The summed E-state index contributed by atoms with van der Waals surface area (Å²) in [5.41, 5.74) is 3.37. The van der Waals surface area contributed by atoms with Gasteiger partial charge in [0.05, 0.1) is 6.33 Å². The molecular formula is C22H28N6. The van der Waals surface area contributed by atoms with Gasteiger partial charge in [-0.15, -0.1) is 0 Å². The average molecular weight is 377 g/mol. The van der Waals surface area contributed by atoms with Crippen molar-refractivity contribution in [3.05, 3.63) is 60.3 Å². The molecule has 6 nitrogen and oxygen atoms in total. The molecule has 6 heteroatoms. The monoisotopic (exact) mass is 376 g/mol. The quantitative estimate of drug-likeness (QED) is 0.712. The third kappa shape index (κ3) is 4.57. The van der Waals surface area contributed by atoms with Gasteiger partial charge < -0.3 is 9.88 Å². The molecule has 1 atom stereocenters. The molecule has 0 saturated carbocycles. The number of likely N-dealkylation sites (tertiary alicyclic amines) is 1. The predicted octanol–water partition coefficient (Wildman–Crippen LogP) is 3.60. The van der Waals surface area contributed by atoms with Crippen molar-refractivity contribution in [1.29, 1.82) is 0 Å². The van der Waals surface area contributed by atoms with Crippen molar-refractivity contribution in [3.63, 3.8) is 0 Å². The standard InChI is InChI=1S/C22H28N6/c1-17-12-21(23-2)26-22(25-17)20-7-5-18(6-8-20)13-27-10-3-4-19(14-27)15-28-11-9-24-16-28/h5-9,11-12,16,19H,3-4,10,13-15H2,1-2H3,(H,23,25,26). The number of hydrogen-bond acceptors (Lipinski definition) is 5. The number of anilines is 1. The first-order valence-corrected chi connectivity index (χ1v) is 10.0. The molecule has 0 radical (unpaired) electrons. The minimum absolute atomic E-state index is 0.697. The van der Waals surface area contributed by atoms with Crippen molar-refractivity contribution in [2.24, 2.45) is 5.92 Å². The van der Waals surface area contributed by atoms with Crippen LogP contribution in [0.15, 0.2) is 49.1 Å². The van der Waals surface area contributed by atoms with Gasteiger partial charge in [-0.2, -0.15) is 0 Å². The van der Waals surface area contributed by atoms with E-state index >= 15 is 0 Å². The highest BCUT2D eigenvalue weighted by Crippen LogP contribution is 2.22. The van der Waals surface area contributed by atoms with Crippen LogP contribution in [0.2, 0.25) is 0 Å². The van der Waals surface area contributed by atoms with Gasteiger partial charge in [0.15, 0.2) is 5.82 Å². The zero-order valence-electron chi connectivity index (χ0n) is 16.7. The maximum atomic E-state index is 4.57. The van der Waals surface area contributed by atoms with Gasteiger partial charge in [0.2, 0.25) is 0 Å².